The molecule has 0 aliphatic carbocycles. The fraction of sp³-hybridized carbons (Fsp3) is 0.435. The number of hydrogen-bond acceptors (Lipinski definition) is 4. The maximum absolute atomic E-state index is 12.9. The van der Waals surface area contributed by atoms with E-state index in [0.29, 0.717) is 53.5 Å². The quantitative estimate of drug-likeness (QED) is 0.593. The van der Waals surface area contributed by atoms with Crippen LogP contribution >= 0.6 is 23.2 Å². The molecule has 2 aromatic carbocycles. The van der Waals surface area contributed by atoms with Crippen molar-refractivity contribution in [2.45, 2.75) is 31.6 Å². The first-order chi connectivity index (χ1) is 14.5. The van der Waals surface area contributed by atoms with E-state index in [1.807, 2.05) is 31.2 Å². The smallest absolute Gasteiger partial charge is 0.251 e. The zero-order chi connectivity index (χ0) is 21.6. The first-order valence-corrected chi connectivity index (χ1v) is 10.9. The van der Waals surface area contributed by atoms with Gasteiger partial charge in [-0.25, -0.2) is 0 Å². The van der Waals surface area contributed by atoms with E-state index in [1.54, 1.807) is 12.1 Å². The molecule has 2 aromatic rings. The number of carbonyl (C=O) groups is 1. The monoisotopic (exact) mass is 451 g/mol. The van der Waals surface area contributed by atoms with Gasteiger partial charge in [0.1, 0.15) is 0 Å². The minimum Gasteiger partial charge on any atom is -0.493 e. The molecule has 5 nitrogen and oxygen atoms in total. The average Bonchev–Trinajstić information content (AvgIpc) is 2.77. The van der Waals surface area contributed by atoms with Crippen molar-refractivity contribution in [3.63, 3.8) is 0 Å². The fourth-order valence-corrected chi connectivity index (χ4v) is 4.07. The second-order valence-corrected chi connectivity index (χ2v) is 8.26. The number of ether oxygens (including phenoxy) is 3. The van der Waals surface area contributed by atoms with Crippen LogP contribution < -0.4 is 14.8 Å². The number of carbonyl (C=O) groups excluding carboxylic acids is 1. The lowest BCUT2D eigenvalue weighted by Gasteiger charge is -2.38. The molecule has 162 valence electrons. The van der Waals surface area contributed by atoms with Crippen molar-refractivity contribution in [3.8, 4) is 11.5 Å². The van der Waals surface area contributed by atoms with Crippen LogP contribution in [0.4, 0.5) is 0 Å². The third-order valence-corrected chi connectivity index (χ3v) is 5.97. The molecule has 7 heteroatoms. The molecule has 0 radical (unpaired) electrons. The fourth-order valence-electron chi connectivity index (χ4n) is 3.68. The lowest BCUT2D eigenvalue weighted by Crippen LogP contribution is -2.44. The molecule has 1 N–H and O–H groups in total. The van der Waals surface area contributed by atoms with Crippen molar-refractivity contribution in [3.05, 3.63) is 57.6 Å². The summed E-state index contributed by atoms with van der Waals surface area (Å²) in [6.07, 6.45) is 2.49. The molecule has 1 amide bonds. The van der Waals surface area contributed by atoms with Crippen LogP contribution in [0.25, 0.3) is 0 Å². The lowest BCUT2D eigenvalue weighted by molar-refractivity contribution is 0.0487. The number of rotatable bonds is 8. The molecule has 1 heterocycles. The Balaban J connectivity index is 1.78. The highest BCUT2D eigenvalue weighted by molar-refractivity contribution is 6.32. The second-order valence-electron chi connectivity index (χ2n) is 7.42. The van der Waals surface area contributed by atoms with Gasteiger partial charge < -0.3 is 19.5 Å². The summed E-state index contributed by atoms with van der Waals surface area (Å²) in [5.41, 5.74) is 1.38. The minimum atomic E-state index is -0.211. The molecule has 0 bridgehead atoms. The molecule has 0 aromatic heterocycles. The van der Waals surface area contributed by atoms with Crippen molar-refractivity contribution in [1.29, 1.82) is 0 Å². The second kappa shape index (κ2) is 10.4. The number of amides is 1. The van der Waals surface area contributed by atoms with E-state index in [4.69, 9.17) is 37.4 Å². The maximum Gasteiger partial charge on any atom is 0.251 e. The molecule has 0 atom stereocenters. The van der Waals surface area contributed by atoms with Crippen LogP contribution in [0.5, 0.6) is 11.5 Å². The first-order valence-electron chi connectivity index (χ1n) is 10.1. The largest absolute Gasteiger partial charge is 0.493 e. The summed E-state index contributed by atoms with van der Waals surface area (Å²) in [5, 5.41) is 4.13. The summed E-state index contributed by atoms with van der Waals surface area (Å²) in [6.45, 7) is 4.33. The molecular formula is C23H27Cl2NO4. The van der Waals surface area contributed by atoms with E-state index in [9.17, 15) is 4.79 Å². The normalized spacial score (nSPS) is 15.5. The topological polar surface area (TPSA) is 56.8 Å². The van der Waals surface area contributed by atoms with Gasteiger partial charge in [0.25, 0.3) is 5.91 Å². The molecule has 1 aliphatic heterocycles. The van der Waals surface area contributed by atoms with Gasteiger partial charge in [-0.3, -0.25) is 4.79 Å². The molecule has 0 unspecified atom stereocenters. The Hall–Kier alpha value is -1.95. The minimum absolute atomic E-state index is 0.198. The average molecular weight is 452 g/mol. The Labute approximate surface area is 187 Å². The Bertz CT molecular complexity index is 864. The molecule has 0 spiro atoms. The number of methoxy groups -OCH3 is 1. The number of nitrogens with one attached hydrogen (secondary N) is 1. The Kier molecular flexibility index (Phi) is 7.87. The van der Waals surface area contributed by atoms with Crippen molar-refractivity contribution < 1.29 is 19.0 Å². The Morgan fingerprint density at radius 3 is 2.50 bits per heavy atom. The molecule has 30 heavy (non-hydrogen) atoms. The van der Waals surface area contributed by atoms with Gasteiger partial charge in [0.2, 0.25) is 0 Å². The molecule has 1 fully saturated rings. The third-order valence-electron chi connectivity index (χ3n) is 5.44. The van der Waals surface area contributed by atoms with Crippen molar-refractivity contribution >= 4 is 29.1 Å². The summed E-state index contributed by atoms with van der Waals surface area (Å²) in [4.78, 5) is 12.9. The Morgan fingerprint density at radius 1 is 1.17 bits per heavy atom. The third kappa shape index (κ3) is 5.20. The molecule has 1 saturated heterocycles. The van der Waals surface area contributed by atoms with Crippen molar-refractivity contribution in [2.24, 2.45) is 0 Å². The van der Waals surface area contributed by atoms with Gasteiger partial charge in [-0.2, -0.15) is 0 Å². The van der Waals surface area contributed by atoms with Crippen LogP contribution in [-0.4, -0.2) is 39.4 Å². The van der Waals surface area contributed by atoms with Crippen LogP contribution in [-0.2, 0) is 10.2 Å². The predicted octanol–water partition coefficient (Wildman–Crippen LogP) is 5.27. The highest BCUT2D eigenvalue weighted by atomic mass is 35.5. The lowest BCUT2D eigenvalue weighted by atomic mass is 9.74. The molecular weight excluding hydrogens is 425 g/mol. The summed E-state index contributed by atoms with van der Waals surface area (Å²) < 4.78 is 16.6. The van der Waals surface area contributed by atoms with Crippen LogP contribution in [0.2, 0.25) is 10.0 Å². The zero-order valence-corrected chi connectivity index (χ0v) is 18.8. The Morgan fingerprint density at radius 2 is 1.87 bits per heavy atom. The predicted molar refractivity (Wildman–Crippen MR) is 119 cm³/mol. The van der Waals surface area contributed by atoms with Gasteiger partial charge in [-0.05, 0) is 49.1 Å². The van der Waals surface area contributed by atoms with E-state index in [2.05, 4.69) is 5.32 Å². The van der Waals surface area contributed by atoms with Crippen molar-refractivity contribution in [1.82, 2.24) is 5.32 Å². The van der Waals surface area contributed by atoms with Crippen LogP contribution in [0.1, 0.15) is 42.1 Å². The van der Waals surface area contributed by atoms with Gasteiger partial charge >= 0.3 is 0 Å². The number of benzene rings is 2. The van der Waals surface area contributed by atoms with E-state index in [1.165, 1.54) is 7.11 Å². The van der Waals surface area contributed by atoms with E-state index in [0.717, 1.165) is 24.8 Å². The maximum atomic E-state index is 12.9. The summed E-state index contributed by atoms with van der Waals surface area (Å²) in [5.74, 6) is 0.691. The highest BCUT2D eigenvalue weighted by Gasteiger charge is 2.35. The van der Waals surface area contributed by atoms with E-state index in [-0.39, 0.29) is 11.3 Å². The standard InChI is InChI=1S/C23H27Cl2NO4/c1-3-10-30-21-19(25)13-16(14-20(21)28-2)22(27)26-15-23(8-11-29-12-9-23)17-4-6-18(24)7-5-17/h4-7,13-14H,3,8-12,15H2,1-2H3,(H,26,27). The van der Waals surface area contributed by atoms with Gasteiger partial charge in [-0.15, -0.1) is 0 Å². The van der Waals surface area contributed by atoms with Crippen LogP contribution in [0, 0.1) is 0 Å². The van der Waals surface area contributed by atoms with Gasteiger partial charge in [-0.1, -0.05) is 42.3 Å². The highest BCUT2D eigenvalue weighted by Crippen LogP contribution is 2.37. The molecule has 1 aliphatic rings. The van der Waals surface area contributed by atoms with E-state index >= 15 is 0 Å². The summed E-state index contributed by atoms with van der Waals surface area (Å²) in [6, 6.07) is 11.1. The van der Waals surface area contributed by atoms with Gasteiger partial charge in [0.15, 0.2) is 11.5 Å². The van der Waals surface area contributed by atoms with Crippen LogP contribution in [0.3, 0.4) is 0 Å². The first kappa shape index (κ1) is 22.7. The van der Waals surface area contributed by atoms with Gasteiger partial charge in [0, 0.05) is 35.8 Å². The number of hydrogen-bond donors (Lipinski definition) is 1. The van der Waals surface area contributed by atoms with Gasteiger partial charge in [0.05, 0.1) is 18.7 Å². The summed E-state index contributed by atoms with van der Waals surface area (Å²) in [7, 11) is 1.53. The summed E-state index contributed by atoms with van der Waals surface area (Å²) >= 11 is 12.4. The van der Waals surface area contributed by atoms with Crippen molar-refractivity contribution in [2.75, 3.05) is 33.5 Å². The molecule has 0 saturated carbocycles. The van der Waals surface area contributed by atoms with E-state index < -0.39 is 0 Å². The zero-order valence-electron chi connectivity index (χ0n) is 17.3. The van der Waals surface area contributed by atoms with Crippen LogP contribution in [0.15, 0.2) is 36.4 Å². The molecule has 3 rings (SSSR count). The number of halogens is 2. The SMILES string of the molecule is CCCOc1c(Cl)cc(C(=O)NCC2(c3ccc(Cl)cc3)CCOCC2)cc1OC.